The Bertz CT molecular complexity index is 1100. The van der Waals surface area contributed by atoms with Crippen molar-refractivity contribution in [2.45, 2.75) is 46.6 Å². The van der Waals surface area contributed by atoms with Crippen molar-refractivity contribution in [3.8, 4) is 11.1 Å². The molecule has 1 saturated heterocycles. The van der Waals surface area contributed by atoms with Crippen molar-refractivity contribution in [1.29, 1.82) is 0 Å². The van der Waals surface area contributed by atoms with E-state index in [1.165, 1.54) is 0 Å². The van der Waals surface area contributed by atoms with Gasteiger partial charge in [0, 0.05) is 19.0 Å². The van der Waals surface area contributed by atoms with Crippen LogP contribution in [0.1, 0.15) is 51.7 Å². The maximum atomic E-state index is 13.4. The summed E-state index contributed by atoms with van der Waals surface area (Å²) in [6, 6.07) is 15.4. The average Bonchev–Trinajstić information content (AvgIpc) is 3.29. The van der Waals surface area contributed by atoms with Gasteiger partial charge in [0.15, 0.2) is 0 Å². The van der Waals surface area contributed by atoms with Gasteiger partial charge in [-0.2, -0.15) is 0 Å². The highest BCUT2D eigenvalue weighted by atomic mass is 16.5. The molecule has 2 amide bonds. The summed E-state index contributed by atoms with van der Waals surface area (Å²) in [5.74, 6) is -1.93. The monoisotopic (exact) mass is 478 g/mol. The molecule has 1 fully saturated rings. The number of carboxylic acid groups (broad SMARTS) is 1. The van der Waals surface area contributed by atoms with E-state index in [0.29, 0.717) is 6.54 Å². The number of carbonyl (C=O) groups excluding carboxylic acids is 2. The molecule has 2 aliphatic rings. The molecule has 2 atom stereocenters. The van der Waals surface area contributed by atoms with Gasteiger partial charge in [-0.1, -0.05) is 83.1 Å². The summed E-state index contributed by atoms with van der Waals surface area (Å²) in [4.78, 5) is 39.6. The fourth-order valence-electron chi connectivity index (χ4n) is 5.30. The number of benzene rings is 2. The first-order chi connectivity index (χ1) is 16.4. The lowest BCUT2D eigenvalue weighted by atomic mass is 9.82. The summed E-state index contributed by atoms with van der Waals surface area (Å²) in [6.07, 6.45) is -0.659. The normalized spacial score (nSPS) is 19.6. The summed E-state index contributed by atoms with van der Waals surface area (Å²) in [6.45, 7) is 9.92. The van der Waals surface area contributed by atoms with Crippen LogP contribution < -0.4 is 5.32 Å². The minimum atomic E-state index is -0.915. The summed E-state index contributed by atoms with van der Waals surface area (Å²) in [7, 11) is 0. The van der Waals surface area contributed by atoms with Crippen LogP contribution in [0.2, 0.25) is 0 Å². The third-order valence-electron chi connectivity index (χ3n) is 7.27. The lowest BCUT2D eigenvalue weighted by Crippen LogP contribution is -2.54. The van der Waals surface area contributed by atoms with Gasteiger partial charge in [0.1, 0.15) is 12.6 Å². The van der Waals surface area contributed by atoms with Gasteiger partial charge in [-0.05, 0) is 33.1 Å². The van der Waals surface area contributed by atoms with Gasteiger partial charge >= 0.3 is 12.1 Å². The zero-order chi connectivity index (χ0) is 25.5. The van der Waals surface area contributed by atoms with Gasteiger partial charge in [-0.3, -0.25) is 9.59 Å². The Balaban J connectivity index is 1.46. The number of aliphatic carboxylic acids is 1. The molecule has 7 heteroatoms. The Morgan fingerprint density at radius 1 is 1.06 bits per heavy atom. The van der Waals surface area contributed by atoms with Crippen molar-refractivity contribution in [2.75, 3.05) is 19.7 Å². The van der Waals surface area contributed by atoms with Crippen LogP contribution >= 0.6 is 0 Å². The molecule has 4 rings (SSSR count). The van der Waals surface area contributed by atoms with E-state index < -0.39 is 34.9 Å². The number of alkyl carbamates (subject to hydrolysis) is 1. The molecular weight excluding hydrogens is 444 g/mol. The number of hydrogen-bond acceptors (Lipinski definition) is 4. The van der Waals surface area contributed by atoms with Crippen molar-refractivity contribution >= 4 is 18.0 Å². The third kappa shape index (κ3) is 4.77. The molecular formula is C28H34N2O5. The number of amides is 2. The molecule has 2 unspecified atom stereocenters. The van der Waals surface area contributed by atoms with Gasteiger partial charge in [0.25, 0.3) is 0 Å². The van der Waals surface area contributed by atoms with Crippen LogP contribution in [0, 0.1) is 16.7 Å². The Labute approximate surface area is 206 Å². The molecule has 2 aromatic carbocycles. The van der Waals surface area contributed by atoms with E-state index in [9.17, 15) is 19.5 Å². The van der Waals surface area contributed by atoms with Crippen LogP contribution in [0.3, 0.4) is 0 Å². The van der Waals surface area contributed by atoms with Crippen LogP contribution in [0.25, 0.3) is 11.1 Å². The predicted octanol–water partition coefficient (Wildman–Crippen LogP) is 4.51. The van der Waals surface area contributed by atoms with Crippen LogP contribution in [0.15, 0.2) is 48.5 Å². The second kappa shape index (κ2) is 9.02. The number of hydrogen-bond donors (Lipinski definition) is 2. The first-order valence-electron chi connectivity index (χ1n) is 12.0. The molecule has 0 aromatic heterocycles. The topological polar surface area (TPSA) is 95.9 Å². The SMILES string of the molecule is CC(C)(C)C(NC(=O)OCC1c2ccccc2-c2ccccc21)C(=O)N1CC(C(=O)O)C(C)(C)C1. The maximum Gasteiger partial charge on any atom is 0.407 e. The third-order valence-corrected chi connectivity index (χ3v) is 7.27. The number of fused-ring (bicyclic) bond motifs is 3. The number of ether oxygens (including phenoxy) is 1. The lowest BCUT2D eigenvalue weighted by molar-refractivity contribution is -0.144. The fourth-order valence-corrected chi connectivity index (χ4v) is 5.30. The molecule has 2 N–H and O–H groups in total. The number of nitrogens with zero attached hydrogens (tertiary/aromatic N) is 1. The van der Waals surface area contributed by atoms with Crippen molar-refractivity contribution in [2.24, 2.45) is 16.7 Å². The van der Waals surface area contributed by atoms with E-state index in [0.717, 1.165) is 22.3 Å². The van der Waals surface area contributed by atoms with Crippen molar-refractivity contribution < 1.29 is 24.2 Å². The minimum absolute atomic E-state index is 0.0763. The Kier molecular flexibility index (Phi) is 6.38. The average molecular weight is 479 g/mol. The maximum absolute atomic E-state index is 13.4. The fraction of sp³-hybridized carbons (Fsp3) is 0.464. The van der Waals surface area contributed by atoms with Gasteiger partial charge in [-0.15, -0.1) is 0 Å². The summed E-state index contributed by atoms with van der Waals surface area (Å²) in [5, 5.41) is 12.4. The van der Waals surface area contributed by atoms with E-state index >= 15 is 0 Å². The molecule has 1 aliphatic carbocycles. The molecule has 186 valence electrons. The zero-order valence-electron chi connectivity index (χ0n) is 21.0. The Morgan fingerprint density at radius 3 is 2.09 bits per heavy atom. The predicted molar refractivity (Wildman–Crippen MR) is 133 cm³/mol. The Hall–Kier alpha value is -3.35. The van der Waals surface area contributed by atoms with Crippen LogP contribution in [0.4, 0.5) is 4.79 Å². The highest BCUT2D eigenvalue weighted by Gasteiger charge is 2.48. The van der Waals surface area contributed by atoms with Gasteiger partial charge in [-0.25, -0.2) is 4.79 Å². The molecule has 0 bridgehead atoms. The van der Waals surface area contributed by atoms with E-state index in [2.05, 4.69) is 29.6 Å². The first kappa shape index (κ1) is 24.8. The number of rotatable bonds is 5. The van der Waals surface area contributed by atoms with Crippen LogP contribution in [0.5, 0.6) is 0 Å². The molecule has 0 radical (unpaired) electrons. The summed E-state index contributed by atoms with van der Waals surface area (Å²) in [5.41, 5.74) is 3.38. The van der Waals surface area contributed by atoms with Crippen molar-refractivity contribution in [3.63, 3.8) is 0 Å². The van der Waals surface area contributed by atoms with Crippen molar-refractivity contribution in [3.05, 3.63) is 59.7 Å². The molecule has 1 heterocycles. The summed E-state index contributed by atoms with van der Waals surface area (Å²) >= 11 is 0. The van der Waals surface area contributed by atoms with Gasteiger partial charge in [0.2, 0.25) is 5.91 Å². The van der Waals surface area contributed by atoms with Crippen molar-refractivity contribution in [1.82, 2.24) is 10.2 Å². The number of carbonyl (C=O) groups is 3. The van der Waals surface area contributed by atoms with Crippen LogP contribution in [-0.2, 0) is 14.3 Å². The molecule has 2 aromatic rings. The van der Waals surface area contributed by atoms with Crippen LogP contribution in [-0.4, -0.2) is 53.7 Å². The summed E-state index contributed by atoms with van der Waals surface area (Å²) < 4.78 is 5.66. The van der Waals surface area contributed by atoms with E-state index in [4.69, 9.17) is 4.74 Å². The van der Waals surface area contributed by atoms with E-state index in [-0.39, 0.29) is 25.0 Å². The van der Waals surface area contributed by atoms with E-state index in [1.807, 2.05) is 58.9 Å². The second-order valence-corrected chi connectivity index (χ2v) is 11.4. The largest absolute Gasteiger partial charge is 0.481 e. The Morgan fingerprint density at radius 2 is 1.60 bits per heavy atom. The lowest BCUT2D eigenvalue weighted by Gasteiger charge is -2.33. The number of likely N-dealkylation sites (tertiary alicyclic amines) is 1. The molecule has 1 aliphatic heterocycles. The zero-order valence-corrected chi connectivity index (χ0v) is 21.0. The molecule has 0 spiro atoms. The smallest absolute Gasteiger partial charge is 0.407 e. The quantitative estimate of drug-likeness (QED) is 0.659. The van der Waals surface area contributed by atoms with Gasteiger partial charge in [0.05, 0.1) is 5.92 Å². The number of nitrogens with one attached hydrogen (secondary N) is 1. The van der Waals surface area contributed by atoms with Gasteiger partial charge < -0.3 is 20.1 Å². The standard InChI is InChI=1S/C28H34N2O5/c1-27(2,3)23(24(31)30-14-22(25(32)33)28(4,5)16-30)29-26(34)35-15-21-19-12-8-6-10-17(19)18-11-7-9-13-20(18)21/h6-13,21-23H,14-16H2,1-5H3,(H,29,34)(H,32,33). The highest BCUT2D eigenvalue weighted by Crippen LogP contribution is 2.44. The molecule has 7 nitrogen and oxygen atoms in total. The first-order valence-corrected chi connectivity index (χ1v) is 12.0. The highest BCUT2D eigenvalue weighted by molar-refractivity contribution is 5.88. The molecule has 0 saturated carbocycles. The van der Waals surface area contributed by atoms with E-state index in [1.54, 1.807) is 4.90 Å². The second-order valence-electron chi connectivity index (χ2n) is 11.4. The number of carboxylic acids is 1. The minimum Gasteiger partial charge on any atom is -0.481 e. The molecule has 35 heavy (non-hydrogen) atoms.